The van der Waals surface area contributed by atoms with Gasteiger partial charge in [-0.05, 0) is 73.5 Å². The van der Waals surface area contributed by atoms with Crippen molar-refractivity contribution in [1.29, 1.82) is 0 Å². The quantitative estimate of drug-likeness (QED) is 0.0330. The summed E-state index contributed by atoms with van der Waals surface area (Å²) in [5.41, 5.74) is 1.17. The second-order valence-electron chi connectivity index (χ2n) is 13.3. The summed E-state index contributed by atoms with van der Waals surface area (Å²) in [6, 6.07) is 25.2. The average molecular weight is 889 g/mol. The Labute approximate surface area is 354 Å². The Bertz CT molecular complexity index is 2580. The first kappa shape index (κ1) is 44.6. The first-order chi connectivity index (χ1) is 29.4. The van der Waals surface area contributed by atoms with E-state index in [0.29, 0.717) is 11.4 Å². The molecule has 0 saturated carbocycles. The molecule has 324 valence electrons. The van der Waals surface area contributed by atoms with Gasteiger partial charge in [-0.2, -0.15) is 46.7 Å². The van der Waals surface area contributed by atoms with Crippen LogP contribution in [0.2, 0.25) is 0 Å². The van der Waals surface area contributed by atoms with Gasteiger partial charge < -0.3 is 52.3 Å². The molecule has 2 aromatic heterocycles. The summed E-state index contributed by atoms with van der Waals surface area (Å²) in [5, 5.41) is 56.6. The SMILES string of the molecule is CC(O)C(O)Nc1nc(Nc2ccccc2)nc(Nc2ccc(C=Cc3ccc(Nc4nc(Nc5ccccc5)nc(NC(O)C(C)O)n4)cc3S(=O)(=O)O)c(S(=O)(=O)O)c2)n1. The summed E-state index contributed by atoms with van der Waals surface area (Å²) in [4.78, 5) is 24.2. The molecule has 0 amide bonds. The lowest BCUT2D eigenvalue weighted by molar-refractivity contribution is 0.0492. The highest BCUT2D eigenvalue weighted by molar-refractivity contribution is 7.86. The molecule has 0 aliphatic carbocycles. The zero-order valence-electron chi connectivity index (χ0n) is 32.5. The molecule has 0 saturated heterocycles. The van der Waals surface area contributed by atoms with E-state index in [9.17, 15) is 46.4 Å². The van der Waals surface area contributed by atoms with E-state index in [1.165, 1.54) is 50.3 Å². The van der Waals surface area contributed by atoms with Crippen molar-refractivity contribution in [3.63, 3.8) is 0 Å². The van der Waals surface area contributed by atoms with Crippen molar-refractivity contribution in [3.8, 4) is 0 Å². The lowest BCUT2D eigenvalue weighted by atomic mass is 10.1. The molecular weight excluding hydrogens is 849 g/mol. The van der Waals surface area contributed by atoms with E-state index < -0.39 is 54.7 Å². The van der Waals surface area contributed by atoms with Gasteiger partial charge in [-0.15, -0.1) is 0 Å². The Kier molecular flexibility index (Phi) is 13.8. The number of nitrogens with zero attached hydrogens (tertiary/aromatic N) is 6. The first-order valence-corrected chi connectivity index (χ1v) is 21.1. The third-order valence-corrected chi connectivity index (χ3v) is 10.2. The van der Waals surface area contributed by atoms with Crippen LogP contribution in [-0.4, -0.2) is 101 Å². The summed E-state index contributed by atoms with van der Waals surface area (Å²) in [6.07, 6.45) is -2.92. The minimum absolute atomic E-state index is 0.00633. The number of hydrogen-bond donors (Lipinski definition) is 12. The van der Waals surface area contributed by atoms with Crippen LogP contribution < -0.4 is 31.9 Å². The van der Waals surface area contributed by atoms with E-state index in [-0.39, 0.29) is 58.2 Å². The third-order valence-electron chi connectivity index (χ3n) is 8.34. The van der Waals surface area contributed by atoms with E-state index >= 15 is 0 Å². The number of benzene rings is 4. The summed E-state index contributed by atoms with van der Waals surface area (Å²) >= 11 is 0. The fourth-order valence-corrected chi connectivity index (χ4v) is 6.72. The van der Waals surface area contributed by atoms with Crippen molar-refractivity contribution < 1.29 is 46.4 Å². The van der Waals surface area contributed by atoms with Crippen molar-refractivity contribution in [2.75, 3.05) is 31.9 Å². The molecule has 4 atom stereocenters. The second-order valence-corrected chi connectivity index (χ2v) is 16.1. The molecule has 0 aliphatic rings. The van der Waals surface area contributed by atoms with Crippen molar-refractivity contribution in [2.45, 2.75) is 48.3 Å². The molecule has 6 aromatic rings. The summed E-state index contributed by atoms with van der Waals surface area (Å²) in [5.74, 6) is -0.584. The van der Waals surface area contributed by atoms with Crippen LogP contribution in [0.15, 0.2) is 107 Å². The molecule has 0 fully saturated rings. The maximum Gasteiger partial charge on any atom is 0.295 e. The van der Waals surface area contributed by atoms with Gasteiger partial charge in [0.2, 0.25) is 35.7 Å². The largest absolute Gasteiger partial charge is 0.389 e. The highest BCUT2D eigenvalue weighted by Gasteiger charge is 2.20. The van der Waals surface area contributed by atoms with E-state index in [1.807, 2.05) is 0 Å². The predicted octanol–water partition coefficient (Wildman–Crippen LogP) is 3.92. The molecule has 4 aromatic carbocycles. The molecule has 4 unspecified atom stereocenters. The number of hydrogen-bond acceptors (Lipinski definition) is 20. The van der Waals surface area contributed by atoms with Crippen molar-refractivity contribution in [3.05, 3.63) is 108 Å². The minimum Gasteiger partial charge on any atom is -0.389 e. The Morgan fingerprint density at radius 3 is 1.06 bits per heavy atom. The van der Waals surface area contributed by atoms with Gasteiger partial charge in [-0.1, -0.05) is 60.7 Å². The fourth-order valence-electron chi connectivity index (χ4n) is 5.30. The van der Waals surface area contributed by atoms with Crippen LogP contribution >= 0.6 is 0 Å². The molecule has 6 rings (SSSR count). The Morgan fingerprint density at radius 2 is 0.758 bits per heavy atom. The van der Waals surface area contributed by atoms with Crippen molar-refractivity contribution in [2.24, 2.45) is 0 Å². The van der Waals surface area contributed by atoms with Crippen LogP contribution in [-0.2, 0) is 20.2 Å². The van der Waals surface area contributed by atoms with Crippen LogP contribution in [0.5, 0.6) is 0 Å². The van der Waals surface area contributed by atoms with E-state index in [0.717, 1.165) is 12.1 Å². The average Bonchev–Trinajstić information content (AvgIpc) is 3.20. The normalized spacial score (nSPS) is 13.7. The molecular formula is C38H40N12O10S2. The highest BCUT2D eigenvalue weighted by Crippen LogP contribution is 2.29. The van der Waals surface area contributed by atoms with Gasteiger partial charge in [-0.3, -0.25) is 9.11 Å². The topological polar surface area (TPSA) is 339 Å². The lowest BCUT2D eigenvalue weighted by Gasteiger charge is -2.17. The summed E-state index contributed by atoms with van der Waals surface area (Å²) in [7, 11) is -9.84. The zero-order chi connectivity index (χ0) is 44.6. The zero-order valence-corrected chi connectivity index (χ0v) is 34.2. The van der Waals surface area contributed by atoms with Gasteiger partial charge in [-0.25, -0.2) is 0 Å². The Balaban J connectivity index is 1.29. The van der Waals surface area contributed by atoms with Crippen molar-refractivity contribution in [1.82, 2.24) is 29.9 Å². The molecule has 0 radical (unpaired) electrons. The maximum atomic E-state index is 12.6. The number of anilines is 10. The van der Waals surface area contributed by atoms with Gasteiger partial charge in [0.1, 0.15) is 9.79 Å². The molecule has 12 N–H and O–H groups in total. The molecule has 2 heterocycles. The molecule has 22 nitrogen and oxygen atoms in total. The fraction of sp³-hybridized carbons (Fsp3) is 0.158. The molecule has 24 heteroatoms. The highest BCUT2D eigenvalue weighted by atomic mass is 32.2. The lowest BCUT2D eigenvalue weighted by Crippen LogP contribution is -2.31. The Morgan fingerprint density at radius 1 is 0.452 bits per heavy atom. The number of nitrogens with one attached hydrogen (secondary N) is 6. The molecule has 0 bridgehead atoms. The second kappa shape index (κ2) is 19.2. The van der Waals surface area contributed by atoms with Crippen LogP contribution in [0.1, 0.15) is 25.0 Å². The van der Waals surface area contributed by atoms with E-state index in [1.54, 1.807) is 60.7 Å². The number of aliphatic hydroxyl groups is 4. The molecule has 0 aliphatic heterocycles. The predicted molar refractivity (Wildman–Crippen MR) is 230 cm³/mol. The van der Waals surface area contributed by atoms with Gasteiger partial charge in [0.05, 0.1) is 12.2 Å². The summed E-state index contributed by atoms with van der Waals surface area (Å²) < 4.78 is 71.0. The van der Waals surface area contributed by atoms with Crippen molar-refractivity contribution >= 4 is 90.8 Å². The van der Waals surface area contributed by atoms with Crippen LogP contribution in [0.25, 0.3) is 12.2 Å². The number of para-hydroxylation sites is 2. The first-order valence-electron chi connectivity index (χ1n) is 18.3. The van der Waals surface area contributed by atoms with E-state index in [2.05, 4.69) is 61.8 Å². The Hall–Kier alpha value is -6.90. The van der Waals surface area contributed by atoms with E-state index in [4.69, 9.17) is 0 Å². The number of aliphatic hydroxyl groups excluding tert-OH is 4. The number of aromatic nitrogens is 6. The monoisotopic (exact) mass is 888 g/mol. The molecule has 62 heavy (non-hydrogen) atoms. The minimum atomic E-state index is -4.92. The third kappa shape index (κ3) is 12.3. The van der Waals surface area contributed by atoms with Crippen LogP contribution in [0, 0.1) is 0 Å². The van der Waals surface area contributed by atoms with Gasteiger partial charge in [0, 0.05) is 22.7 Å². The van der Waals surface area contributed by atoms with Crippen LogP contribution in [0.4, 0.5) is 58.4 Å². The summed E-state index contributed by atoms with van der Waals surface area (Å²) in [6.45, 7) is 2.68. The van der Waals surface area contributed by atoms with Gasteiger partial charge in [0.15, 0.2) is 12.5 Å². The van der Waals surface area contributed by atoms with Crippen LogP contribution in [0.3, 0.4) is 0 Å². The smallest absolute Gasteiger partial charge is 0.295 e. The number of rotatable bonds is 18. The maximum absolute atomic E-state index is 12.6. The van der Waals surface area contributed by atoms with Gasteiger partial charge >= 0.3 is 0 Å². The standard InChI is InChI=1S/C38H40N12O10S2/c1-21(51)31(53)43-37-47-33(39-25-9-5-3-6-10-25)45-35(49-37)41-27-17-15-23(29(19-27)61(55,56)57)13-14-24-16-18-28(20-30(24)62(58,59)60)42-36-46-34(40-26-11-7-4-8-12-26)48-38(50-36)44-32(54)22(2)52/h3-22,31-32,51-54H,1-2H3,(H,55,56,57)(H,58,59,60)(H3,39,41,43,45,47,49)(H3,40,42,44,46,48,50). The van der Waals surface area contributed by atoms with Gasteiger partial charge in [0.25, 0.3) is 20.2 Å². The molecule has 0 spiro atoms.